The van der Waals surface area contributed by atoms with Crippen molar-refractivity contribution in [2.24, 2.45) is 0 Å². The van der Waals surface area contributed by atoms with Gasteiger partial charge in [0.2, 0.25) is 11.8 Å². The molecule has 5 atom stereocenters. The molecule has 196 valence electrons. The fraction of sp³-hybridized carbons (Fsp3) is 0.500. The van der Waals surface area contributed by atoms with Gasteiger partial charge in [0, 0.05) is 44.5 Å². The van der Waals surface area contributed by atoms with Crippen LogP contribution in [0.2, 0.25) is 0 Å². The SMILES string of the molecule is CC(=O)NC1CC(NCC(O)C(Cc2cc(F)cc(F)c2)NC(C)=O)C(c2cccc(C(C)C)c2)C1. The summed E-state index contributed by atoms with van der Waals surface area (Å²) in [5, 5.41) is 20.1. The van der Waals surface area contributed by atoms with Crippen molar-refractivity contribution >= 4 is 11.8 Å². The van der Waals surface area contributed by atoms with E-state index in [9.17, 15) is 23.5 Å². The molecule has 1 aliphatic carbocycles. The highest BCUT2D eigenvalue weighted by molar-refractivity contribution is 5.73. The summed E-state index contributed by atoms with van der Waals surface area (Å²) in [6, 6.07) is 10.9. The van der Waals surface area contributed by atoms with Crippen LogP contribution < -0.4 is 16.0 Å². The van der Waals surface area contributed by atoms with Gasteiger partial charge in [0.25, 0.3) is 0 Å². The molecule has 1 fully saturated rings. The predicted molar refractivity (Wildman–Crippen MR) is 136 cm³/mol. The molecule has 0 radical (unpaired) electrons. The number of halogens is 2. The van der Waals surface area contributed by atoms with Gasteiger partial charge in [-0.2, -0.15) is 0 Å². The van der Waals surface area contributed by atoms with Crippen molar-refractivity contribution in [2.75, 3.05) is 6.54 Å². The van der Waals surface area contributed by atoms with Gasteiger partial charge >= 0.3 is 0 Å². The van der Waals surface area contributed by atoms with Crippen LogP contribution in [0.5, 0.6) is 0 Å². The Morgan fingerprint density at radius 3 is 2.33 bits per heavy atom. The molecule has 1 saturated carbocycles. The number of hydrogen-bond donors (Lipinski definition) is 4. The zero-order valence-corrected chi connectivity index (χ0v) is 21.4. The molecule has 1 aliphatic rings. The van der Waals surface area contributed by atoms with E-state index in [0.717, 1.165) is 12.5 Å². The molecule has 5 unspecified atom stereocenters. The molecule has 0 aromatic heterocycles. The number of rotatable bonds is 10. The molecule has 36 heavy (non-hydrogen) atoms. The van der Waals surface area contributed by atoms with Crippen LogP contribution in [0.4, 0.5) is 8.78 Å². The van der Waals surface area contributed by atoms with E-state index in [2.05, 4.69) is 48.0 Å². The normalized spacial score (nSPS) is 21.3. The second-order valence-electron chi connectivity index (χ2n) is 10.2. The van der Waals surface area contributed by atoms with E-state index in [1.54, 1.807) is 0 Å². The van der Waals surface area contributed by atoms with Crippen molar-refractivity contribution in [1.29, 1.82) is 0 Å². The van der Waals surface area contributed by atoms with E-state index in [-0.39, 0.29) is 42.8 Å². The van der Waals surface area contributed by atoms with E-state index < -0.39 is 23.8 Å². The number of aliphatic hydroxyl groups excluding tert-OH is 1. The summed E-state index contributed by atoms with van der Waals surface area (Å²) >= 11 is 0. The summed E-state index contributed by atoms with van der Waals surface area (Å²) < 4.78 is 27.3. The first-order valence-electron chi connectivity index (χ1n) is 12.5. The number of carbonyl (C=O) groups is 2. The summed E-state index contributed by atoms with van der Waals surface area (Å²) in [5.41, 5.74) is 2.76. The van der Waals surface area contributed by atoms with E-state index in [4.69, 9.17) is 0 Å². The Balaban J connectivity index is 1.74. The Morgan fingerprint density at radius 1 is 1.03 bits per heavy atom. The lowest BCUT2D eigenvalue weighted by Gasteiger charge is -2.28. The minimum atomic E-state index is -0.998. The fourth-order valence-corrected chi connectivity index (χ4v) is 5.13. The molecule has 0 bridgehead atoms. The topological polar surface area (TPSA) is 90.5 Å². The summed E-state index contributed by atoms with van der Waals surface area (Å²) in [6.45, 7) is 7.30. The van der Waals surface area contributed by atoms with Gasteiger partial charge in [0.05, 0.1) is 12.1 Å². The van der Waals surface area contributed by atoms with Crippen LogP contribution >= 0.6 is 0 Å². The highest BCUT2D eigenvalue weighted by Crippen LogP contribution is 2.36. The van der Waals surface area contributed by atoms with Crippen molar-refractivity contribution in [3.05, 3.63) is 70.8 Å². The van der Waals surface area contributed by atoms with Crippen molar-refractivity contribution in [3.8, 4) is 0 Å². The molecule has 2 aromatic rings. The molecular weight excluding hydrogens is 464 g/mol. The summed E-state index contributed by atoms with van der Waals surface area (Å²) in [7, 11) is 0. The lowest BCUT2D eigenvalue weighted by molar-refractivity contribution is -0.121. The van der Waals surface area contributed by atoms with Crippen LogP contribution in [0, 0.1) is 11.6 Å². The first-order valence-corrected chi connectivity index (χ1v) is 12.5. The summed E-state index contributed by atoms with van der Waals surface area (Å²) in [5.74, 6) is -1.32. The number of aliphatic hydroxyl groups is 1. The second-order valence-corrected chi connectivity index (χ2v) is 10.2. The van der Waals surface area contributed by atoms with Crippen LogP contribution in [0.3, 0.4) is 0 Å². The van der Waals surface area contributed by atoms with Gasteiger partial charge < -0.3 is 21.1 Å². The highest BCUT2D eigenvalue weighted by atomic mass is 19.1. The van der Waals surface area contributed by atoms with Gasteiger partial charge in [-0.25, -0.2) is 8.78 Å². The van der Waals surface area contributed by atoms with Crippen molar-refractivity contribution in [2.45, 2.75) is 83.0 Å². The zero-order chi connectivity index (χ0) is 26.4. The number of amides is 2. The molecule has 0 saturated heterocycles. The standard InChI is InChI=1S/C28H37F2N3O3/c1-16(2)20-6-5-7-21(11-20)25-13-24(32-17(3)34)14-26(25)31-15-28(36)27(33-18(4)35)10-19-8-22(29)12-23(30)9-19/h5-9,11-12,16,24-28,31,36H,10,13-15H2,1-4H3,(H,32,34)(H,33,35). The maximum absolute atomic E-state index is 13.7. The molecule has 3 rings (SSSR count). The first-order chi connectivity index (χ1) is 17.0. The third-order valence-electron chi connectivity index (χ3n) is 6.80. The Morgan fingerprint density at radius 2 is 1.72 bits per heavy atom. The Labute approximate surface area is 211 Å². The average molecular weight is 502 g/mol. The molecule has 6 nitrogen and oxygen atoms in total. The predicted octanol–water partition coefficient (Wildman–Crippen LogP) is 3.54. The number of nitrogens with one attached hydrogen (secondary N) is 3. The zero-order valence-electron chi connectivity index (χ0n) is 21.4. The minimum Gasteiger partial charge on any atom is -0.390 e. The third kappa shape index (κ3) is 7.83. The van der Waals surface area contributed by atoms with E-state index >= 15 is 0 Å². The number of carbonyl (C=O) groups excluding carboxylic acids is 2. The molecular formula is C28H37F2N3O3. The van der Waals surface area contributed by atoms with Gasteiger partial charge in [-0.3, -0.25) is 9.59 Å². The van der Waals surface area contributed by atoms with Crippen LogP contribution in [-0.4, -0.2) is 47.7 Å². The highest BCUT2D eigenvalue weighted by Gasteiger charge is 2.36. The Bertz CT molecular complexity index is 1040. The summed E-state index contributed by atoms with van der Waals surface area (Å²) in [6.07, 6.45) is 0.550. The quantitative estimate of drug-likeness (QED) is 0.401. The van der Waals surface area contributed by atoms with Gasteiger partial charge in [0.1, 0.15) is 11.6 Å². The molecule has 0 heterocycles. The van der Waals surface area contributed by atoms with Crippen molar-refractivity contribution in [3.63, 3.8) is 0 Å². The van der Waals surface area contributed by atoms with E-state index in [1.165, 1.54) is 37.1 Å². The van der Waals surface area contributed by atoms with Gasteiger partial charge in [-0.15, -0.1) is 0 Å². The van der Waals surface area contributed by atoms with Gasteiger partial charge in [-0.05, 0) is 54.0 Å². The second kappa shape index (κ2) is 12.4. The van der Waals surface area contributed by atoms with Crippen molar-refractivity contribution in [1.82, 2.24) is 16.0 Å². The number of benzene rings is 2. The van der Waals surface area contributed by atoms with E-state index in [1.807, 2.05) is 6.07 Å². The average Bonchev–Trinajstić information content (AvgIpc) is 3.18. The minimum absolute atomic E-state index is 0.00580. The molecule has 2 amide bonds. The molecule has 8 heteroatoms. The molecule has 0 aliphatic heterocycles. The lowest BCUT2D eigenvalue weighted by atomic mass is 9.90. The largest absolute Gasteiger partial charge is 0.390 e. The third-order valence-corrected chi connectivity index (χ3v) is 6.80. The maximum Gasteiger partial charge on any atom is 0.217 e. The fourth-order valence-electron chi connectivity index (χ4n) is 5.13. The van der Waals surface area contributed by atoms with Gasteiger partial charge in [-0.1, -0.05) is 38.1 Å². The first kappa shape index (κ1) is 27.7. The van der Waals surface area contributed by atoms with Gasteiger partial charge in [0.15, 0.2) is 0 Å². The van der Waals surface area contributed by atoms with Crippen LogP contribution in [-0.2, 0) is 16.0 Å². The lowest BCUT2D eigenvalue weighted by Crippen LogP contribution is -2.50. The Hall–Kier alpha value is -2.84. The van der Waals surface area contributed by atoms with Crippen LogP contribution in [0.1, 0.15) is 69.1 Å². The molecule has 0 spiro atoms. The summed E-state index contributed by atoms with van der Waals surface area (Å²) in [4.78, 5) is 23.5. The van der Waals surface area contributed by atoms with Crippen LogP contribution in [0.15, 0.2) is 42.5 Å². The van der Waals surface area contributed by atoms with Crippen molar-refractivity contribution < 1.29 is 23.5 Å². The molecule has 4 N–H and O–H groups in total. The maximum atomic E-state index is 13.7. The van der Waals surface area contributed by atoms with E-state index in [0.29, 0.717) is 17.9 Å². The monoisotopic (exact) mass is 501 g/mol. The smallest absolute Gasteiger partial charge is 0.217 e. The molecule has 2 aromatic carbocycles. The number of hydrogen-bond acceptors (Lipinski definition) is 4. The Kier molecular flexibility index (Phi) is 9.56. The van der Waals surface area contributed by atoms with Crippen LogP contribution in [0.25, 0.3) is 0 Å².